The van der Waals surface area contributed by atoms with Crippen LogP contribution in [-0.4, -0.2) is 45.7 Å². The highest BCUT2D eigenvalue weighted by atomic mass is 32.2. The third-order valence-corrected chi connectivity index (χ3v) is 17.4. The van der Waals surface area contributed by atoms with E-state index in [2.05, 4.69) is 16.7 Å². The summed E-state index contributed by atoms with van der Waals surface area (Å²) in [6.07, 6.45) is 36.1. The number of hydrogen-bond donors (Lipinski definition) is 0. The fourth-order valence-electron chi connectivity index (χ4n) is 14.1. The Morgan fingerprint density at radius 2 is 1.15 bits per heavy atom. The SMILES string of the molecule is C1CCC(N(C2CCC3C(CCC4CCCCC43)C2)C2CCCC3C4CCC5SC6CCCCC6C5C4OC32)CC1. The molecule has 0 amide bonds. The quantitative estimate of drug-likeness (QED) is 0.330. The maximum absolute atomic E-state index is 7.63. The first kappa shape index (κ1) is 27.6. The van der Waals surface area contributed by atoms with Gasteiger partial charge in [0.05, 0.1) is 12.2 Å². The van der Waals surface area contributed by atoms with Gasteiger partial charge in [0.2, 0.25) is 0 Å². The van der Waals surface area contributed by atoms with Crippen LogP contribution in [0.2, 0.25) is 0 Å². The molecule has 9 aliphatic rings. The lowest BCUT2D eigenvalue weighted by molar-refractivity contribution is -0.104. The van der Waals surface area contributed by atoms with Gasteiger partial charge >= 0.3 is 0 Å². The number of nitrogens with zero attached hydrogens (tertiary/aromatic N) is 1. The van der Waals surface area contributed by atoms with Crippen molar-refractivity contribution in [3.63, 3.8) is 0 Å². The van der Waals surface area contributed by atoms with Gasteiger partial charge in [-0.1, -0.05) is 57.8 Å². The molecule has 2 nitrogen and oxygen atoms in total. The zero-order valence-corrected chi connectivity index (χ0v) is 27.0. The zero-order valence-electron chi connectivity index (χ0n) is 26.2. The molecule has 14 unspecified atom stereocenters. The lowest BCUT2D eigenvalue weighted by atomic mass is 9.57. The van der Waals surface area contributed by atoms with Crippen LogP contribution < -0.4 is 0 Å². The van der Waals surface area contributed by atoms with Crippen molar-refractivity contribution in [2.45, 2.75) is 189 Å². The molecule has 7 aliphatic carbocycles. The summed E-state index contributed by atoms with van der Waals surface area (Å²) >= 11 is 2.44. The van der Waals surface area contributed by atoms with Crippen molar-refractivity contribution in [3.8, 4) is 0 Å². The Kier molecular flexibility index (Phi) is 7.78. The highest BCUT2D eigenvalue weighted by molar-refractivity contribution is 8.00. The molecule has 14 atom stereocenters. The summed E-state index contributed by atoms with van der Waals surface area (Å²) in [4.78, 5) is 3.29. The van der Waals surface area contributed by atoms with Crippen molar-refractivity contribution in [3.05, 3.63) is 0 Å². The van der Waals surface area contributed by atoms with Gasteiger partial charge in [0.15, 0.2) is 0 Å². The summed E-state index contributed by atoms with van der Waals surface area (Å²) in [6.45, 7) is 0. The molecule has 0 radical (unpaired) electrons. The van der Waals surface area contributed by atoms with Crippen LogP contribution in [0.3, 0.4) is 0 Å². The van der Waals surface area contributed by atoms with Crippen LogP contribution in [0.5, 0.6) is 0 Å². The Labute approximate surface area is 256 Å². The molecule has 0 bridgehead atoms. The minimum Gasteiger partial charge on any atom is -0.372 e. The molecule has 0 N–H and O–H groups in total. The highest BCUT2D eigenvalue weighted by Crippen LogP contribution is 2.61. The van der Waals surface area contributed by atoms with E-state index in [9.17, 15) is 0 Å². The van der Waals surface area contributed by atoms with Crippen LogP contribution in [0.15, 0.2) is 0 Å². The fourth-order valence-corrected chi connectivity index (χ4v) is 16.1. The van der Waals surface area contributed by atoms with Crippen LogP contribution in [-0.2, 0) is 4.74 Å². The molecule has 2 heterocycles. The first-order valence-electron chi connectivity index (χ1n) is 19.4. The Balaban J connectivity index is 0.976. The van der Waals surface area contributed by atoms with Crippen LogP contribution in [0.4, 0.5) is 0 Å². The van der Waals surface area contributed by atoms with Gasteiger partial charge in [-0.3, -0.25) is 4.90 Å². The number of rotatable bonds is 3. The van der Waals surface area contributed by atoms with Gasteiger partial charge in [0.1, 0.15) is 0 Å². The summed E-state index contributed by atoms with van der Waals surface area (Å²) in [6, 6.07) is 2.47. The molecule has 2 saturated heterocycles. The molecule has 2 aliphatic heterocycles. The topological polar surface area (TPSA) is 12.5 Å². The lowest BCUT2D eigenvalue weighted by Gasteiger charge is -2.55. The average molecular weight is 580 g/mol. The number of hydrogen-bond acceptors (Lipinski definition) is 3. The largest absolute Gasteiger partial charge is 0.372 e. The van der Waals surface area contributed by atoms with Gasteiger partial charge in [-0.2, -0.15) is 11.8 Å². The summed E-state index contributed by atoms with van der Waals surface area (Å²) in [5, 5.41) is 1.91. The third-order valence-electron chi connectivity index (χ3n) is 15.6. The Morgan fingerprint density at radius 3 is 2.07 bits per heavy atom. The van der Waals surface area contributed by atoms with E-state index in [1.54, 1.807) is 38.5 Å². The van der Waals surface area contributed by atoms with Crippen molar-refractivity contribution in [2.24, 2.45) is 47.3 Å². The van der Waals surface area contributed by atoms with Crippen molar-refractivity contribution in [2.75, 3.05) is 0 Å². The van der Waals surface area contributed by atoms with Gasteiger partial charge in [-0.25, -0.2) is 0 Å². The van der Waals surface area contributed by atoms with E-state index < -0.39 is 0 Å². The third kappa shape index (κ3) is 4.76. The van der Waals surface area contributed by atoms with Crippen LogP contribution in [0.1, 0.15) is 148 Å². The van der Waals surface area contributed by atoms with Gasteiger partial charge in [0, 0.05) is 34.5 Å². The Hall–Kier alpha value is 0.270. The van der Waals surface area contributed by atoms with E-state index >= 15 is 0 Å². The second-order valence-corrected chi connectivity index (χ2v) is 18.6. The van der Waals surface area contributed by atoms with Gasteiger partial charge in [0.25, 0.3) is 0 Å². The van der Waals surface area contributed by atoms with Gasteiger partial charge in [-0.05, 0) is 131 Å². The monoisotopic (exact) mass is 579 g/mol. The molecular weight excluding hydrogens is 518 g/mol. The normalized spacial score (nSPS) is 53.5. The van der Waals surface area contributed by atoms with Crippen LogP contribution >= 0.6 is 11.8 Å². The summed E-state index contributed by atoms with van der Waals surface area (Å²) in [5.41, 5.74) is 0. The lowest BCUT2D eigenvalue weighted by Crippen LogP contribution is -2.59. The molecule has 7 saturated carbocycles. The minimum atomic E-state index is 0.568. The predicted octanol–water partition coefficient (Wildman–Crippen LogP) is 9.64. The van der Waals surface area contributed by atoms with E-state index in [1.807, 2.05) is 0 Å². The van der Waals surface area contributed by atoms with Crippen molar-refractivity contribution >= 4 is 11.8 Å². The molecule has 0 spiro atoms. The maximum Gasteiger partial charge on any atom is 0.0766 e. The average Bonchev–Trinajstić information content (AvgIpc) is 3.60. The number of fused-ring (bicyclic) bond motifs is 10. The van der Waals surface area contributed by atoms with E-state index in [1.165, 1.54) is 109 Å². The van der Waals surface area contributed by atoms with Gasteiger partial charge < -0.3 is 4.74 Å². The van der Waals surface area contributed by atoms with Gasteiger partial charge in [-0.15, -0.1) is 0 Å². The molecule has 3 heteroatoms. The molecule has 41 heavy (non-hydrogen) atoms. The fraction of sp³-hybridized carbons (Fsp3) is 1.00. The van der Waals surface area contributed by atoms with E-state index in [0.29, 0.717) is 12.2 Å². The number of ether oxygens (including phenoxy) is 1. The minimum absolute atomic E-state index is 0.568. The Bertz CT molecular complexity index is 918. The molecule has 230 valence electrons. The summed E-state index contributed by atoms with van der Waals surface area (Å²) < 4.78 is 7.63. The highest BCUT2D eigenvalue weighted by Gasteiger charge is 2.60. The first-order valence-corrected chi connectivity index (χ1v) is 20.4. The van der Waals surface area contributed by atoms with Crippen LogP contribution in [0.25, 0.3) is 0 Å². The molecular formula is C38H61NOS. The second kappa shape index (κ2) is 11.6. The first-order chi connectivity index (χ1) is 20.3. The smallest absolute Gasteiger partial charge is 0.0766 e. The van der Waals surface area contributed by atoms with Crippen LogP contribution in [0, 0.1) is 47.3 Å². The predicted molar refractivity (Wildman–Crippen MR) is 171 cm³/mol. The Morgan fingerprint density at radius 1 is 0.439 bits per heavy atom. The molecule has 0 aromatic rings. The zero-order chi connectivity index (χ0) is 26.9. The summed E-state index contributed by atoms with van der Waals surface area (Å²) in [5.74, 6) is 8.01. The standard InChI is InChI=1S/C38H61NOS/c1-2-10-26(11-3-1)39(27-19-20-29-25(23-27)18-17-24-9-4-5-12-28(24)29)33-15-8-14-30-31-21-22-35-36(38(31)40-37(30)33)32-13-6-7-16-34(32)41-35/h24-38H,1-23H2. The van der Waals surface area contributed by atoms with E-state index in [-0.39, 0.29) is 0 Å². The van der Waals surface area contributed by atoms with Crippen molar-refractivity contribution in [1.82, 2.24) is 4.90 Å². The molecule has 9 rings (SSSR count). The summed E-state index contributed by atoms with van der Waals surface area (Å²) in [7, 11) is 0. The maximum atomic E-state index is 7.63. The van der Waals surface area contributed by atoms with Crippen molar-refractivity contribution in [1.29, 1.82) is 0 Å². The van der Waals surface area contributed by atoms with Crippen molar-refractivity contribution < 1.29 is 4.74 Å². The molecule has 0 aromatic heterocycles. The number of thioether (sulfide) groups is 1. The van der Waals surface area contributed by atoms with E-state index in [0.717, 1.165) is 76.0 Å². The van der Waals surface area contributed by atoms with E-state index in [4.69, 9.17) is 4.74 Å². The molecule has 0 aromatic carbocycles. The second-order valence-electron chi connectivity index (χ2n) is 17.1. The molecule has 9 fully saturated rings.